The highest BCUT2D eigenvalue weighted by atomic mass is 32.2. The lowest BCUT2D eigenvalue weighted by atomic mass is 10.2. The van der Waals surface area contributed by atoms with E-state index in [1.165, 1.54) is 26.0 Å². The predicted molar refractivity (Wildman–Crippen MR) is 107 cm³/mol. The Morgan fingerprint density at radius 3 is 2.57 bits per heavy atom. The van der Waals surface area contributed by atoms with E-state index in [1.54, 1.807) is 6.92 Å². The molecule has 1 aliphatic heterocycles. The second-order valence-corrected chi connectivity index (χ2v) is 11.7. The summed E-state index contributed by atoms with van der Waals surface area (Å²) in [4.78, 5) is 12.2. The normalized spacial score (nSPS) is 22.0. The van der Waals surface area contributed by atoms with Gasteiger partial charge >= 0.3 is 0 Å². The number of hydrogen-bond acceptors (Lipinski definition) is 8. The number of nitrogens with zero attached hydrogens (tertiary/aromatic N) is 1. The van der Waals surface area contributed by atoms with Crippen molar-refractivity contribution in [2.75, 3.05) is 16.8 Å². The summed E-state index contributed by atoms with van der Waals surface area (Å²) in [7, 11) is -7.75. The monoisotopic (exact) mass is 459 g/mol. The molecule has 12 heteroatoms. The smallest absolute Gasteiger partial charge is 0.242 e. The molecule has 1 aromatic heterocycles. The second-order valence-electron chi connectivity index (χ2n) is 7.38. The van der Waals surface area contributed by atoms with Crippen molar-refractivity contribution < 1.29 is 30.5 Å². The maximum Gasteiger partial charge on any atom is 0.242 e. The number of benzene rings is 1. The van der Waals surface area contributed by atoms with E-state index in [0.29, 0.717) is 5.76 Å². The summed E-state index contributed by atoms with van der Waals surface area (Å²) in [6.07, 6.45) is 0. The average Bonchev–Trinajstić information content (AvgIpc) is 3.19. The fourth-order valence-corrected chi connectivity index (χ4v) is 8.06. The molecule has 9 nitrogen and oxygen atoms in total. The Morgan fingerprint density at radius 2 is 1.97 bits per heavy atom. The molecule has 1 amide bonds. The molecule has 1 aromatic carbocycles. The Kier molecular flexibility index (Phi) is 6.03. The van der Waals surface area contributed by atoms with Crippen LogP contribution in [-0.4, -0.2) is 56.7 Å². The predicted octanol–water partition coefficient (Wildman–Crippen LogP) is 0.987. The van der Waals surface area contributed by atoms with Gasteiger partial charge in [-0.25, -0.2) is 21.2 Å². The lowest BCUT2D eigenvalue weighted by molar-refractivity contribution is -0.118. The van der Waals surface area contributed by atoms with Crippen LogP contribution in [0.15, 0.2) is 33.7 Å². The number of carbonyl (C=O) groups is 1. The fraction of sp³-hybridized carbons (Fsp3) is 0.444. The Hall–Kier alpha value is -2.31. The zero-order valence-electron chi connectivity index (χ0n) is 16.5. The molecule has 2 heterocycles. The number of anilines is 1. The molecule has 3 atom stereocenters. The first-order valence-electron chi connectivity index (χ1n) is 9.10. The van der Waals surface area contributed by atoms with Gasteiger partial charge in [-0.3, -0.25) is 4.79 Å². The highest BCUT2D eigenvalue weighted by Crippen LogP contribution is 2.27. The molecule has 0 radical (unpaired) electrons. The quantitative estimate of drug-likeness (QED) is 0.611. The van der Waals surface area contributed by atoms with Gasteiger partial charge in [0.1, 0.15) is 11.6 Å². The number of rotatable bonds is 6. The lowest BCUT2D eigenvalue weighted by Crippen LogP contribution is -2.50. The van der Waals surface area contributed by atoms with Crippen molar-refractivity contribution in [3.05, 3.63) is 41.4 Å². The Morgan fingerprint density at radius 1 is 1.27 bits per heavy atom. The van der Waals surface area contributed by atoms with E-state index in [4.69, 9.17) is 4.52 Å². The van der Waals surface area contributed by atoms with Crippen molar-refractivity contribution in [2.45, 2.75) is 43.0 Å². The Balaban J connectivity index is 1.81. The summed E-state index contributed by atoms with van der Waals surface area (Å²) in [5.41, 5.74) is 0.136. The van der Waals surface area contributed by atoms with E-state index in [2.05, 4.69) is 15.8 Å². The van der Waals surface area contributed by atoms with E-state index in [-0.39, 0.29) is 16.3 Å². The Bertz CT molecular complexity index is 1180. The molecule has 0 bridgehead atoms. The van der Waals surface area contributed by atoms with Gasteiger partial charge in [-0.2, -0.15) is 0 Å². The van der Waals surface area contributed by atoms with E-state index >= 15 is 0 Å². The molecule has 0 spiro atoms. The summed E-state index contributed by atoms with van der Waals surface area (Å²) >= 11 is 0. The van der Waals surface area contributed by atoms with Gasteiger partial charge in [0.15, 0.2) is 25.5 Å². The van der Waals surface area contributed by atoms with Gasteiger partial charge in [0.05, 0.1) is 27.7 Å². The maximum absolute atomic E-state index is 13.5. The van der Waals surface area contributed by atoms with Crippen LogP contribution in [0, 0.1) is 19.7 Å². The number of halogens is 1. The number of amides is 1. The molecule has 30 heavy (non-hydrogen) atoms. The van der Waals surface area contributed by atoms with Gasteiger partial charge < -0.3 is 15.2 Å². The molecular formula is C18H22FN3O6S2. The molecule has 2 N–H and O–H groups in total. The van der Waals surface area contributed by atoms with Crippen LogP contribution in [0.3, 0.4) is 0 Å². The third kappa shape index (κ3) is 4.71. The van der Waals surface area contributed by atoms with Gasteiger partial charge in [-0.15, -0.1) is 0 Å². The third-order valence-corrected chi connectivity index (χ3v) is 9.04. The minimum Gasteiger partial charge on any atom is -0.360 e. The number of hydrogen-bond donors (Lipinski definition) is 2. The largest absolute Gasteiger partial charge is 0.360 e. The summed E-state index contributed by atoms with van der Waals surface area (Å²) in [5, 5.41) is 7.66. The average molecular weight is 460 g/mol. The van der Waals surface area contributed by atoms with Gasteiger partial charge in [0.25, 0.3) is 0 Å². The zero-order valence-corrected chi connectivity index (χ0v) is 18.2. The van der Waals surface area contributed by atoms with Crippen molar-refractivity contribution >= 4 is 31.4 Å². The van der Waals surface area contributed by atoms with Gasteiger partial charge in [-0.05, 0) is 44.5 Å². The number of carbonyl (C=O) groups excluding carboxylic acids is 1. The van der Waals surface area contributed by atoms with Crippen LogP contribution in [-0.2, 0) is 24.5 Å². The van der Waals surface area contributed by atoms with E-state index < -0.39 is 60.2 Å². The van der Waals surface area contributed by atoms with Gasteiger partial charge in [0, 0.05) is 12.1 Å². The molecule has 3 rings (SSSR count). The summed E-state index contributed by atoms with van der Waals surface area (Å²) in [6, 6.07) is 2.91. The van der Waals surface area contributed by atoms with Crippen LogP contribution in [0.5, 0.6) is 0 Å². The van der Waals surface area contributed by atoms with E-state index in [0.717, 1.165) is 12.1 Å². The van der Waals surface area contributed by atoms with Crippen LogP contribution in [0.1, 0.15) is 18.2 Å². The molecule has 1 aliphatic rings. The molecule has 0 unspecified atom stereocenters. The lowest BCUT2D eigenvalue weighted by Gasteiger charge is -2.23. The second kappa shape index (κ2) is 8.08. The van der Waals surface area contributed by atoms with Gasteiger partial charge in [-0.1, -0.05) is 5.16 Å². The molecule has 1 saturated heterocycles. The topological polar surface area (TPSA) is 135 Å². The van der Waals surface area contributed by atoms with Crippen molar-refractivity contribution in [1.29, 1.82) is 0 Å². The summed E-state index contributed by atoms with van der Waals surface area (Å²) in [5.74, 6) is -1.42. The third-order valence-electron chi connectivity index (χ3n) is 4.89. The minimum atomic E-state index is -4.09. The molecule has 0 aliphatic carbocycles. The van der Waals surface area contributed by atoms with Crippen LogP contribution < -0.4 is 10.6 Å². The zero-order chi connectivity index (χ0) is 22.3. The van der Waals surface area contributed by atoms with Crippen LogP contribution in [0.2, 0.25) is 0 Å². The molecular weight excluding hydrogens is 437 g/mol. The van der Waals surface area contributed by atoms with Crippen molar-refractivity contribution in [3.63, 3.8) is 0 Å². The first-order valence-corrected chi connectivity index (χ1v) is 12.5. The first-order chi connectivity index (χ1) is 13.9. The number of nitrogens with one attached hydrogen (secondary N) is 2. The highest BCUT2D eigenvalue weighted by Gasteiger charge is 2.46. The Labute approximate surface area is 173 Å². The van der Waals surface area contributed by atoms with Crippen molar-refractivity contribution in [1.82, 2.24) is 10.5 Å². The van der Waals surface area contributed by atoms with E-state index in [1.807, 2.05) is 0 Å². The minimum absolute atomic E-state index is 0.136. The number of aromatic nitrogens is 1. The number of aryl methyl sites for hydroxylation is 2. The summed E-state index contributed by atoms with van der Waals surface area (Å²) < 4.78 is 69.0. The van der Waals surface area contributed by atoms with Crippen molar-refractivity contribution in [2.24, 2.45) is 0 Å². The first kappa shape index (κ1) is 22.4. The molecule has 2 aromatic rings. The van der Waals surface area contributed by atoms with Gasteiger partial charge in [0.2, 0.25) is 5.91 Å². The fourth-order valence-electron chi connectivity index (χ4n) is 3.30. The molecule has 1 fully saturated rings. The molecule has 0 saturated carbocycles. The van der Waals surface area contributed by atoms with Crippen LogP contribution in [0.25, 0.3) is 0 Å². The van der Waals surface area contributed by atoms with Crippen LogP contribution in [0.4, 0.5) is 10.2 Å². The SMILES string of the molecule is Cc1cc(NC(=O)[C@H](C)N[C@H]2CS(=O)(=O)C[C@@H]2S(=O)(=O)c2ccc(F)c(C)c2)no1. The van der Waals surface area contributed by atoms with E-state index in [9.17, 15) is 26.0 Å². The maximum atomic E-state index is 13.5. The van der Waals surface area contributed by atoms with Crippen molar-refractivity contribution in [3.8, 4) is 0 Å². The highest BCUT2D eigenvalue weighted by molar-refractivity contribution is 7.96. The summed E-state index contributed by atoms with van der Waals surface area (Å²) in [6.45, 7) is 4.56. The number of sulfone groups is 2. The standard InChI is InChI=1S/C18H22FN3O6S2/c1-10-6-13(4-5-14(10)19)30(26,27)16-9-29(24,25)8-15(16)20-12(3)18(23)21-17-7-11(2)28-22-17/h4-7,12,15-16,20H,8-9H2,1-3H3,(H,21,22,23)/t12-,15-,16-/m0/s1. The van der Waals surface area contributed by atoms with Crippen LogP contribution >= 0.6 is 0 Å². The molecule has 164 valence electrons.